The fourth-order valence-electron chi connectivity index (χ4n) is 2.40. The number of benzene rings is 2. The summed E-state index contributed by atoms with van der Waals surface area (Å²) in [4.78, 5) is 17.0. The van der Waals surface area contributed by atoms with Crippen molar-refractivity contribution < 1.29 is 4.79 Å². The molecule has 1 heterocycles. The van der Waals surface area contributed by atoms with Gasteiger partial charge in [-0.1, -0.05) is 48.5 Å². The van der Waals surface area contributed by atoms with Gasteiger partial charge >= 0.3 is 0 Å². The van der Waals surface area contributed by atoms with Crippen LogP contribution in [0.3, 0.4) is 0 Å². The normalized spacial score (nSPS) is 10.6. The lowest BCUT2D eigenvalue weighted by atomic mass is 10.1. The smallest absolute Gasteiger partial charge is 0.252 e. The van der Waals surface area contributed by atoms with E-state index in [0.29, 0.717) is 24.3 Å². The maximum atomic E-state index is 12.5. The molecular weight excluding hydrogens is 274 g/mol. The predicted octanol–water partition coefficient (Wildman–Crippen LogP) is 2.62. The number of hydrogen-bond donors (Lipinski definition) is 2. The monoisotopic (exact) mass is 291 g/mol. The summed E-state index contributed by atoms with van der Waals surface area (Å²) < 4.78 is 0. The summed E-state index contributed by atoms with van der Waals surface area (Å²) in [6.45, 7) is 0.804. The summed E-state index contributed by atoms with van der Waals surface area (Å²) >= 11 is 0. The Morgan fingerprint density at radius 2 is 1.77 bits per heavy atom. The average Bonchev–Trinajstić information content (AvgIpc) is 2.59. The number of hydrogen-bond acceptors (Lipinski definition) is 3. The summed E-state index contributed by atoms with van der Waals surface area (Å²) in [7, 11) is 0. The summed E-state index contributed by atoms with van der Waals surface area (Å²) in [5.74, 6) is -0.114. The second kappa shape index (κ2) is 6.37. The van der Waals surface area contributed by atoms with Crippen LogP contribution >= 0.6 is 0 Å². The van der Waals surface area contributed by atoms with E-state index in [1.807, 2.05) is 54.6 Å². The van der Waals surface area contributed by atoms with Crippen molar-refractivity contribution in [3.63, 3.8) is 0 Å². The lowest BCUT2D eigenvalue weighted by Gasteiger charge is -2.10. The van der Waals surface area contributed by atoms with Gasteiger partial charge in [0, 0.05) is 18.5 Å². The van der Waals surface area contributed by atoms with E-state index in [-0.39, 0.29) is 5.91 Å². The van der Waals surface area contributed by atoms with Crippen LogP contribution in [0.25, 0.3) is 10.9 Å². The minimum absolute atomic E-state index is 0.114. The van der Waals surface area contributed by atoms with Crippen molar-refractivity contribution in [2.75, 3.05) is 0 Å². The number of aromatic nitrogens is 1. The summed E-state index contributed by atoms with van der Waals surface area (Å²) in [5.41, 5.74) is 8.86. The van der Waals surface area contributed by atoms with Crippen LogP contribution in [-0.2, 0) is 13.1 Å². The summed E-state index contributed by atoms with van der Waals surface area (Å²) in [6, 6.07) is 19.2. The Balaban J connectivity index is 1.89. The molecule has 0 atom stereocenters. The SMILES string of the molecule is NCc1cc(C(=O)NCc2ccccc2)c2ccccc2n1. The van der Waals surface area contributed by atoms with Crippen molar-refractivity contribution in [1.29, 1.82) is 0 Å². The highest BCUT2D eigenvalue weighted by Gasteiger charge is 2.12. The largest absolute Gasteiger partial charge is 0.348 e. The zero-order valence-electron chi connectivity index (χ0n) is 12.1. The Bertz CT molecular complexity index is 800. The second-order valence-electron chi connectivity index (χ2n) is 5.05. The molecule has 4 heteroatoms. The highest BCUT2D eigenvalue weighted by molar-refractivity contribution is 6.06. The minimum atomic E-state index is -0.114. The quantitative estimate of drug-likeness (QED) is 0.776. The van der Waals surface area contributed by atoms with Crippen molar-refractivity contribution in [3.8, 4) is 0 Å². The van der Waals surface area contributed by atoms with Crippen LogP contribution in [0.15, 0.2) is 60.7 Å². The molecule has 0 aliphatic carbocycles. The molecule has 0 saturated heterocycles. The van der Waals surface area contributed by atoms with Gasteiger partial charge in [0.2, 0.25) is 0 Å². The molecule has 0 radical (unpaired) electrons. The first kappa shape index (κ1) is 14.2. The molecule has 22 heavy (non-hydrogen) atoms. The number of carbonyl (C=O) groups excluding carboxylic acids is 1. The van der Waals surface area contributed by atoms with Gasteiger partial charge in [-0.25, -0.2) is 0 Å². The molecule has 0 unspecified atom stereocenters. The third-order valence-corrected chi connectivity index (χ3v) is 3.52. The van der Waals surface area contributed by atoms with Crippen LogP contribution in [0.5, 0.6) is 0 Å². The van der Waals surface area contributed by atoms with Gasteiger partial charge < -0.3 is 11.1 Å². The molecule has 0 aliphatic heterocycles. The average molecular weight is 291 g/mol. The highest BCUT2D eigenvalue weighted by Crippen LogP contribution is 2.18. The van der Waals surface area contributed by atoms with E-state index in [2.05, 4.69) is 10.3 Å². The molecule has 0 aliphatic rings. The molecule has 0 spiro atoms. The molecule has 3 rings (SSSR count). The molecule has 1 amide bonds. The molecule has 3 aromatic rings. The van der Waals surface area contributed by atoms with Crippen LogP contribution in [0.4, 0.5) is 0 Å². The maximum absolute atomic E-state index is 12.5. The Morgan fingerprint density at radius 3 is 2.55 bits per heavy atom. The number of nitrogens with two attached hydrogens (primary N) is 1. The number of pyridine rings is 1. The van der Waals surface area contributed by atoms with E-state index in [0.717, 1.165) is 16.5 Å². The van der Waals surface area contributed by atoms with Crippen LogP contribution in [0.2, 0.25) is 0 Å². The van der Waals surface area contributed by atoms with E-state index in [1.165, 1.54) is 0 Å². The number of para-hydroxylation sites is 1. The third-order valence-electron chi connectivity index (χ3n) is 3.52. The van der Waals surface area contributed by atoms with Gasteiger partial charge in [-0.3, -0.25) is 9.78 Å². The number of amides is 1. The number of nitrogens with zero attached hydrogens (tertiary/aromatic N) is 1. The van der Waals surface area contributed by atoms with Gasteiger partial charge in [-0.15, -0.1) is 0 Å². The zero-order valence-corrected chi connectivity index (χ0v) is 12.1. The molecular formula is C18H17N3O. The van der Waals surface area contributed by atoms with Gasteiger partial charge in [-0.05, 0) is 17.7 Å². The van der Waals surface area contributed by atoms with Crippen molar-refractivity contribution in [3.05, 3.63) is 77.5 Å². The van der Waals surface area contributed by atoms with Crippen molar-refractivity contribution in [2.45, 2.75) is 13.1 Å². The Labute approximate surface area is 129 Å². The van der Waals surface area contributed by atoms with Gasteiger partial charge in [0.25, 0.3) is 5.91 Å². The maximum Gasteiger partial charge on any atom is 0.252 e. The number of carbonyl (C=O) groups is 1. The number of nitrogens with one attached hydrogen (secondary N) is 1. The molecule has 3 N–H and O–H groups in total. The first-order valence-electron chi connectivity index (χ1n) is 7.19. The van der Waals surface area contributed by atoms with Crippen LogP contribution < -0.4 is 11.1 Å². The lowest BCUT2D eigenvalue weighted by Crippen LogP contribution is -2.23. The van der Waals surface area contributed by atoms with Crippen molar-refractivity contribution in [2.24, 2.45) is 5.73 Å². The Hall–Kier alpha value is -2.72. The number of rotatable bonds is 4. The zero-order chi connectivity index (χ0) is 15.4. The van der Waals surface area contributed by atoms with Gasteiger partial charge in [0.1, 0.15) is 0 Å². The number of fused-ring (bicyclic) bond motifs is 1. The minimum Gasteiger partial charge on any atom is -0.348 e. The molecule has 110 valence electrons. The fraction of sp³-hybridized carbons (Fsp3) is 0.111. The van der Waals surface area contributed by atoms with E-state index in [9.17, 15) is 4.79 Å². The van der Waals surface area contributed by atoms with Crippen LogP contribution in [-0.4, -0.2) is 10.9 Å². The fourth-order valence-corrected chi connectivity index (χ4v) is 2.40. The van der Waals surface area contributed by atoms with Crippen LogP contribution in [0, 0.1) is 0 Å². The highest BCUT2D eigenvalue weighted by atomic mass is 16.1. The first-order valence-corrected chi connectivity index (χ1v) is 7.19. The van der Waals surface area contributed by atoms with E-state index in [1.54, 1.807) is 6.07 Å². The van der Waals surface area contributed by atoms with E-state index >= 15 is 0 Å². The third kappa shape index (κ3) is 2.97. The Kier molecular flexibility index (Phi) is 4.12. The predicted molar refractivity (Wildman–Crippen MR) is 87.2 cm³/mol. The molecule has 4 nitrogen and oxygen atoms in total. The first-order chi connectivity index (χ1) is 10.8. The van der Waals surface area contributed by atoms with Gasteiger partial charge in [0.05, 0.1) is 16.8 Å². The summed E-state index contributed by atoms with van der Waals surface area (Å²) in [5, 5.41) is 3.79. The van der Waals surface area contributed by atoms with Crippen molar-refractivity contribution in [1.82, 2.24) is 10.3 Å². The standard InChI is InChI=1S/C18H17N3O/c19-11-14-10-16(15-8-4-5-9-17(15)21-14)18(22)20-12-13-6-2-1-3-7-13/h1-10H,11-12,19H2,(H,20,22). The Morgan fingerprint density at radius 1 is 1.05 bits per heavy atom. The van der Waals surface area contributed by atoms with E-state index < -0.39 is 0 Å². The molecule has 2 aromatic carbocycles. The van der Waals surface area contributed by atoms with Gasteiger partial charge in [0.15, 0.2) is 0 Å². The molecule has 1 aromatic heterocycles. The topological polar surface area (TPSA) is 68.0 Å². The van der Waals surface area contributed by atoms with Gasteiger partial charge in [-0.2, -0.15) is 0 Å². The van der Waals surface area contributed by atoms with Crippen molar-refractivity contribution >= 4 is 16.8 Å². The molecule has 0 fully saturated rings. The second-order valence-corrected chi connectivity index (χ2v) is 5.05. The molecule has 0 saturated carbocycles. The van der Waals surface area contributed by atoms with E-state index in [4.69, 9.17) is 5.73 Å². The lowest BCUT2D eigenvalue weighted by molar-refractivity contribution is 0.0952. The summed E-state index contributed by atoms with van der Waals surface area (Å²) in [6.07, 6.45) is 0. The molecule has 0 bridgehead atoms. The van der Waals surface area contributed by atoms with Crippen LogP contribution in [0.1, 0.15) is 21.6 Å².